The first-order chi connectivity index (χ1) is 57.6. The number of nitrogens with one attached hydrogen (secondary N) is 14. The topological polar surface area (TPSA) is 803 Å². The number of amides is 8. The number of unbranched alkanes of at least 4 members (excludes halogenated alkanes) is 3. The first-order valence-corrected chi connectivity index (χ1v) is 39.1. The summed E-state index contributed by atoms with van der Waals surface area (Å²) in [6.45, 7) is -3.97. The van der Waals surface area contributed by atoms with Gasteiger partial charge in [-0.1, -0.05) is 32.6 Å². The number of aromatic amines is 3. The fraction of sp³-hybridized carbons (Fsp3) is 0.557. The van der Waals surface area contributed by atoms with Crippen LogP contribution in [0.2, 0.25) is 0 Å². The lowest BCUT2D eigenvalue weighted by Crippen LogP contribution is -2.55. The lowest BCUT2D eigenvalue weighted by atomic mass is 10.0. The number of carbonyl (C=O) groups is 10. The molecule has 0 radical (unpaired) electrons. The van der Waals surface area contributed by atoms with Gasteiger partial charge in [-0.3, -0.25) is 108 Å². The van der Waals surface area contributed by atoms with E-state index in [1.165, 1.54) is 39.5 Å². The number of aromatic nitrogens is 12. The highest BCUT2D eigenvalue weighted by Gasteiger charge is 2.35. The van der Waals surface area contributed by atoms with Crippen molar-refractivity contribution in [3.63, 3.8) is 0 Å². The number of nitrogens with zero attached hydrogens (tertiary/aromatic N) is 13. The van der Waals surface area contributed by atoms with Crippen molar-refractivity contribution in [1.82, 2.24) is 120 Å². The van der Waals surface area contributed by atoms with E-state index in [0.29, 0.717) is 32.2 Å². The number of anilines is 3. The molecule has 6 heterocycles. The maximum absolute atomic E-state index is 15.1. The molecule has 32 N–H and O–H groups in total. The van der Waals surface area contributed by atoms with E-state index in [-0.39, 0.29) is 136 Å². The summed E-state index contributed by atoms with van der Waals surface area (Å²) in [6.07, 6.45) is 8.38. The molecule has 662 valence electrons. The molecule has 6 rings (SSSR count). The number of carbonyl (C=O) groups excluding carboxylic acids is 10. The lowest BCUT2D eigenvalue weighted by molar-refractivity contribution is -0.141. The minimum absolute atomic E-state index is 0.0169. The molecule has 51 nitrogen and oxygen atoms in total. The number of ketones is 2. The second-order valence-electron chi connectivity index (χ2n) is 28.3. The predicted molar refractivity (Wildman–Crippen MR) is 443 cm³/mol. The minimum atomic E-state index is -1.52. The molecule has 0 fully saturated rings. The molecule has 0 saturated carbocycles. The standard InChI is InChI=1S/C70H112N36O15/c1-3-4-5-12-42(56(74)114)90-31-47(108)44(14-9-19-88-65(77)78)104(52(112)36-102-38-91-54-57(102)94-67(81)96-62(54)118)28-23-84-49(109)33-99(50(110)34-101-32-40(2)59(115)98-70(101)121)26-22-86-61(117)45(15-10-20-89-66(79)80)106(51(111)35-100-25-16-48(73)93-69(100)120)27-21-83-30-46(107)43(13-8-18-87-64(75)76)105(29-24-85-60(116)41(72)11-6-7-17-71)53(113)37-103-39-92-55-58(103)95-68(82)97-63(55)119/h16,25,32,38-39,41-45,83,90H,3-15,17-24,26-31,33-37,71-72H2,1-2H3,(H2,74,114)(H,84,109)(H,85,116)(H,86,117)(H2,73,93,120)(H4,75,76,87)(H4,77,78,88)(H4,79,80,89)(H,98,115,121)(H3,81,94,96,118)(H3,82,95,97,119)/t41-,42-,43-,44-,45-/m0/s1. The first kappa shape index (κ1) is 96.2. The number of nitrogens with two attached hydrogens (primary N) is 9. The molecule has 5 atom stereocenters. The second-order valence-corrected chi connectivity index (χ2v) is 28.3. The lowest BCUT2D eigenvalue weighted by Gasteiger charge is -2.33. The van der Waals surface area contributed by atoms with Gasteiger partial charge >= 0.3 is 11.4 Å². The Labute approximate surface area is 690 Å². The minimum Gasteiger partial charge on any atom is -0.383 e. The number of rotatable bonds is 55. The monoisotopic (exact) mass is 1700 g/mol. The van der Waals surface area contributed by atoms with E-state index in [1.807, 2.05) is 6.92 Å². The molecular weight excluding hydrogens is 1590 g/mol. The van der Waals surface area contributed by atoms with Crippen molar-refractivity contribution in [3.05, 3.63) is 88.7 Å². The van der Waals surface area contributed by atoms with Crippen molar-refractivity contribution in [2.75, 3.05) is 115 Å². The van der Waals surface area contributed by atoms with Crippen molar-refractivity contribution in [1.29, 1.82) is 16.2 Å². The third kappa shape index (κ3) is 30.7. The third-order valence-corrected chi connectivity index (χ3v) is 19.1. The van der Waals surface area contributed by atoms with Crippen molar-refractivity contribution < 1.29 is 47.9 Å². The number of hydrogen-bond acceptors (Lipinski definition) is 30. The van der Waals surface area contributed by atoms with Gasteiger partial charge in [0.05, 0.1) is 56.5 Å². The first-order valence-electron chi connectivity index (χ1n) is 39.1. The van der Waals surface area contributed by atoms with E-state index in [9.17, 15) is 67.1 Å². The normalized spacial score (nSPS) is 12.4. The summed E-state index contributed by atoms with van der Waals surface area (Å²) < 4.78 is 4.22. The highest BCUT2D eigenvalue weighted by Crippen LogP contribution is 2.18. The average Bonchev–Trinajstić information content (AvgIpc) is 1.70. The van der Waals surface area contributed by atoms with Crippen molar-refractivity contribution in [3.8, 4) is 0 Å². The largest absolute Gasteiger partial charge is 0.383 e. The molecule has 0 saturated heterocycles. The van der Waals surface area contributed by atoms with Gasteiger partial charge in [-0.05, 0) is 77.3 Å². The van der Waals surface area contributed by atoms with Gasteiger partial charge in [-0.2, -0.15) is 15.0 Å². The van der Waals surface area contributed by atoms with Crippen LogP contribution in [0.1, 0.15) is 96.0 Å². The van der Waals surface area contributed by atoms with E-state index in [1.54, 1.807) is 0 Å². The molecule has 6 aromatic rings. The van der Waals surface area contributed by atoms with Gasteiger partial charge in [0.25, 0.3) is 16.7 Å². The van der Waals surface area contributed by atoms with E-state index < -0.39 is 208 Å². The van der Waals surface area contributed by atoms with Crippen molar-refractivity contribution in [2.45, 2.75) is 154 Å². The maximum Gasteiger partial charge on any atom is 0.349 e. The van der Waals surface area contributed by atoms with Crippen LogP contribution in [-0.2, 0) is 74.1 Å². The molecule has 0 bridgehead atoms. The van der Waals surface area contributed by atoms with Crippen LogP contribution >= 0.6 is 0 Å². The van der Waals surface area contributed by atoms with Crippen molar-refractivity contribution >= 4 is 117 Å². The Bertz CT molecular complexity index is 4930. The average molecular weight is 1700 g/mol. The number of imidazole rings is 2. The summed E-state index contributed by atoms with van der Waals surface area (Å²) in [5.41, 5.74) is 47.3. The SMILES string of the molecule is CCCCC[C@H](NCC(=O)[C@H](CCCNC(=N)N)N(CCNC(=O)CN(CCNC(=O)[C@H](CCCNC(=N)N)N(CCNCC(=O)[C@H](CCCNC(=N)N)N(CCNC(=O)[C@@H](N)CCCCN)C(=O)Cn1cnc2c(=O)[nH]c(N)nc21)C(=O)Cn1ccc(N)nc1=O)C(=O)Cn1cc(C)c(=O)[nH]c1=O)C(=O)Cn1cnc2c(=O)[nH]c(N)nc21)C(N)=O. The highest BCUT2D eigenvalue weighted by molar-refractivity contribution is 5.93. The van der Waals surface area contributed by atoms with Gasteiger partial charge in [0.15, 0.2) is 51.8 Å². The van der Waals surface area contributed by atoms with Crippen LogP contribution in [0.25, 0.3) is 22.3 Å². The van der Waals surface area contributed by atoms with Crippen LogP contribution in [0.4, 0.5) is 17.7 Å². The molecule has 0 unspecified atom stereocenters. The van der Waals surface area contributed by atoms with Crippen LogP contribution in [-0.4, -0.2) is 283 Å². The molecule has 0 aromatic carbocycles. The zero-order chi connectivity index (χ0) is 89.0. The molecule has 0 aliphatic heterocycles. The van der Waals surface area contributed by atoms with Gasteiger partial charge in [-0.25, -0.2) is 19.6 Å². The fourth-order valence-electron chi connectivity index (χ4n) is 12.9. The fourth-order valence-corrected chi connectivity index (χ4v) is 12.9. The Kier molecular flexibility index (Phi) is 38.4. The molecule has 121 heavy (non-hydrogen) atoms. The predicted octanol–water partition coefficient (Wildman–Crippen LogP) is -10.1. The van der Waals surface area contributed by atoms with E-state index in [4.69, 9.17) is 67.8 Å². The Morgan fingerprint density at radius 1 is 0.512 bits per heavy atom. The van der Waals surface area contributed by atoms with Gasteiger partial charge in [0.1, 0.15) is 38.0 Å². The summed E-state index contributed by atoms with van der Waals surface area (Å²) in [4.78, 5) is 240. The number of aryl methyl sites for hydroxylation is 1. The van der Waals surface area contributed by atoms with Crippen LogP contribution < -0.4 is 122 Å². The van der Waals surface area contributed by atoms with E-state index in [2.05, 4.69) is 82.4 Å². The summed E-state index contributed by atoms with van der Waals surface area (Å²) in [7, 11) is 0. The highest BCUT2D eigenvalue weighted by atomic mass is 16.2. The summed E-state index contributed by atoms with van der Waals surface area (Å²) in [5, 5.41) is 45.2. The summed E-state index contributed by atoms with van der Waals surface area (Å²) >= 11 is 0. The van der Waals surface area contributed by atoms with Crippen molar-refractivity contribution in [2.24, 2.45) is 34.4 Å². The number of hydrogen-bond donors (Lipinski definition) is 23. The maximum atomic E-state index is 15.1. The Balaban J connectivity index is 1.31. The molecular formula is C70H112N36O15. The number of nitrogen functional groups attached to an aromatic ring is 3. The number of Topliss-reactive ketones (excluding diaryl/α,β-unsaturated/α-hetero) is 2. The van der Waals surface area contributed by atoms with Crippen LogP contribution in [0.3, 0.4) is 0 Å². The zero-order valence-electron chi connectivity index (χ0n) is 67.5. The molecule has 0 aliphatic carbocycles. The summed E-state index contributed by atoms with van der Waals surface area (Å²) in [5.74, 6) is -9.65. The van der Waals surface area contributed by atoms with Gasteiger partial charge in [0, 0.05) is 89.9 Å². The third-order valence-electron chi connectivity index (χ3n) is 19.1. The van der Waals surface area contributed by atoms with E-state index in [0.717, 1.165) is 49.2 Å². The number of primary amides is 1. The second kappa shape index (κ2) is 48.3. The molecule has 51 heteroatoms. The number of fused-ring (bicyclic) bond motifs is 2. The van der Waals surface area contributed by atoms with Gasteiger partial charge in [0.2, 0.25) is 59.2 Å². The molecule has 0 spiro atoms. The number of guanidine groups is 3. The van der Waals surface area contributed by atoms with Crippen LogP contribution in [0, 0.1) is 23.2 Å². The van der Waals surface area contributed by atoms with Gasteiger partial charge in [-0.15, -0.1) is 0 Å². The zero-order valence-corrected chi connectivity index (χ0v) is 67.5. The summed E-state index contributed by atoms with van der Waals surface area (Å²) in [6, 6.07) is -4.83. The van der Waals surface area contributed by atoms with Crippen LogP contribution in [0.5, 0.6) is 0 Å². The number of H-pyrrole nitrogens is 3. The van der Waals surface area contributed by atoms with E-state index >= 15 is 4.79 Å². The quantitative estimate of drug-likeness (QED) is 0.00958. The van der Waals surface area contributed by atoms with Gasteiger partial charge < -0.3 is 118 Å². The Hall–Kier alpha value is -13.6. The Morgan fingerprint density at radius 3 is 1.51 bits per heavy atom. The molecule has 6 aromatic heterocycles. The van der Waals surface area contributed by atoms with Crippen LogP contribution in [0.15, 0.2) is 55.1 Å². The smallest absolute Gasteiger partial charge is 0.349 e. The molecule has 8 amide bonds. The Morgan fingerprint density at radius 2 is 0.992 bits per heavy atom. The molecule has 0 aliphatic rings.